The molecule has 2 aliphatic carbocycles. The quantitative estimate of drug-likeness (QED) is 0.604. The number of rotatable bonds is 3. The Kier molecular flexibility index (Phi) is 8.94. The molecule has 25 heavy (non-hydrogen) atoms. The van der Waals surface area contributed by atoms with Crippen molar-refractivity contribution < 1.29 is 32.0 Å². The van der Waals surface area contributed by atoms with E-state index in [1.165, 1.54) is 7.11 Å². The first-order valence-corrected chi connectivity index (χ1v) is 7.50. The molecule has 0 aliphatic heterocycles. The van der Waals surface area contributed by atoms with E-state index >= 15 is 0 Å². The fourth-order valence-corrected chi connectivity index (χ4v) is 2.00. The van der Waals surface area contributed by atoms with Crippen LogP contribution in [0.4, 0.5) is 0 Å². The van der Waals surface area contributed by atoms with Gasteiger partial charge in [0.15, 0.2) is 0 Å². The molecule has 4 heteroatoms. The maximum absolute atomic E-state index is 11.6. The minimum Gasteiger partial charge on any atom is -0.872 e. The molecule has 0 amide bonds. The Bertz CT molecular complexity index is 736. The average Bonchev–Trinajstić information content (AvgIpc) is 3.34. The fourth-order valence-electron chi connectivity index (χ4n) is 2.00. The first kappa shape index (κ1) is 20.4. The molecule has 0 saturated heterocycles. The SMILES string of the molecule is COC([O-])=C1C=CC=C1.[Fe+2].[O-]C(C=Cc1ccccc1)=C1C=CC=C1. The van der Waals surface area contributed by atoms with Crippen LogP contribution in [-0.4, -0.2) is 7.11 Å². The molecule has 0 aromatic heterocycles. The molecule has 1 aromatic carbocycles. The van der Waals surface area contributed by atoms with Crippen molar-refractivity contribution in [2.45, 2.75) is 0 Å². The van der Waals surface area contributed by atoms with Crippen LogP contribution in [0.1, 0.15) is 5.56 Å². The van der Waals surface area contributed by atoms with Crippen LogP contribution >= 0.6 is 0 Å². The van der Waals surface area contributed by atoms with E-state index in [0.29, 0.717) is 5.57 Å². The van der Waals surface area contributed by atoms with Crippen LogP contribution in [0.3, 0.4) is 0 Å². The number of allylic oxidation sites excluding steroid dienone is 11. The third-order valence-electron chi connectivity index (χ3n) is 3.26. The average molecular weight is 374 g/mol. The predicted molar refractivity (Wildman–Crippen MR) is 93.1 cm³/mol. The Morgan fingerprint density at radius 2 is 1.36 bits per heavy atom. The molecule has 0 atom stereocenters. The summed E-state index contributed by atoms with van der Waals surface area (Å²) < 4.78 is 4.46. The van der Waals surface area contributed by atoms with Crippen molar-refractivity contribution in [1.82, 2.24) is 0 Å². The second-order valence-electron chi connectivity index (χ2n) is 4.95. The molecular weight excluding hydrogens is 356 g/mol. The van der Waals surface area contributed by atoms with Gasteiger partial charge in [0.25, 0.3) is 0 Å². The van der Waals surface area contributed by atoms with Crippen molar-refractivity contribution >= 4 is 6.08 Å². The zero-order valence-corrected chi connectivity index (χ0v) is 14.8. The fraction of sp³-hybridized carbons (Fsp3) is 0.0476. The van der Waals surface area contributed by atoms with Crippen molar-refractivity contribution in [3.8, 4) is 0 Å². The number of benzene rings is 1. The zero-order valence-electron chi connectivity index (χ0n) is 13.7. The molecule has 3 nitrogen and oxygen atoms in total. The van der Waals surface area contributed by atoms with Gasteiger partial charge in [-0.15, -0.1) is 5.76 Å². The molecular formula is C21H18FeO3. The topological polar surface area (TPSA) is 55.3 Å². The van der Waals surface area contributed by atoms with Crippen LogP contribution in [0.2, 0.25) is 0 Å². The van der Waals surface area contributed by atoms with E-state index in [0.717, 1.165) is 11.1 Å². The van der Waals surface area contributed by atoms with Gasteiger partial charge in [0.2, 0.25) is 0 Å². The van der Waals surface area contributed by atoms with Crippen LogP contribution < -0.4 is 10.2 Å². The van der Waals surface area contributed by atoms with Gasteiger partial charge in [0.05, 0.1) is 5.95 Å². The van der Waals surface area contributed by atoms with Crippen LogP contribution in [-0.2, 0) is 21.8 Å². The van der Waals surface area contributed by atoms with E-state index in [1.807, 2.05) is 60.7 Å². The van der Waals surface area contributed by atoms with Crippen molar-refractivity contribution in [2.24, 2.45) is 0 Å². The number of ether oxygens (including phenoxy) is 1. The second kappa shape index (κ2) is 11.0. The minimum atomic E-state index is -0.278. The molecule has 0 N–H and O–H groups in total. The molecule has 0 radical (unpaired) electrons. The molecule has 0 unspecified atom stereocenters. The largest absolute Gasteiger partial charge is 2.00 e. The summed E-state index contributed by atoms with van der Waals surface area (Å²) in [6, 6.07) is 9.79. The van der Waals surface area contributed by atoms with Crippen molar-refractivity contribution in [1.29, 1.82) is 0 Å². The maximum Gasteiger partial charge on any atom is 2.00 e. The van der Waals surface area contributed by atoms with Gasteiger partial charge >= 0.3 is 17.1 Å². The van der Waals surface area contributed by atoms with Crippen LogP contribution in [0, 0.1) is 0 Å². The number of hydrogen-bond acceptors (Lipinski definition) is 3. The third kappa shape index (κ3) is 6.76. The Balaban J connectivity index is 0.000000270. The van der Waals surface area contributed by atoms with Crippen LogP contribution in [0.5, 0.6) is 0 Å². The molecule has 128 valence electrons. The van der Waals surface area contributed by atoms with Gasteiger partial charge in [-0.25, -0.2) is 0 Å². The third-order valence-corrected chi connectivity index (χ3v) is 3.26. The van der Waals surface area contributed by atoms with Gasteiger partial charge in [-0.05, 0) is 23.8 Å². The van der Waals surface area contributed by atoms with Gasteiger partial charge < -0.3 is 14.9 Å². The first-order valence-electron chi connectivity index (χ1n) is 7.50. The van der Waals surface area contributed by atoms with E-state index < -0.39 is 0 Å². The second-order valence-corrected chi connectivity index (χ2v) is 4.95. The van der Waals surface area contributed by atoms with Crippen LogP contribution in [0.25, 0.3) is 6.08 Å². The molecule has 0 saturated carbocycles. The Morgan fingerprint density at radius 1 is 0.840 bits per heavy atom. The summed E-state index contributed by atoms with van der Waals surface area (Å²) in [5, 5.41) is 22.2. The van der Waals surface area contributed by atoms with Gasteiger partial charge in [0, 0.05) is 0 Å². The minimum absolute atomic E-state index is 0. The zero-order chi connectivity index (χ0) is 17.2. The molecule has 2 aliphatic rings. The smallest absolute Gasteiger partial charge is 0.872 e. The number of methoxy groups -OCH3 is 1. The van der Waals surface area contributed by atoms with Gasteiger partial charge in [-0.3, -0.25) is 0 Å². The summed E-state index contributed by atoms with van der Waals surface area (Å²) in [6.07, 6.45) is 17.8. The summed E-state index contributed by atoms with van der Waals surface area (Å²) in [6.45, 7) is 0. The molecule has 0 heterocycles. The van der Waals surface area contributed by atoms with E-state index in [9.17, 15) is 10.2 Å². The summed E-state index contributed by atoms with van der Waals surface area (Å²) in [5.74, 6) is -0.233. The van der Waals surface area contributed by atoms with Crippen molar-refractivity contribution in [3.63, 3.8) is 0 Å². The molecule has 0 fully saturated rings. The van der Waals surface area contributed by atoms with E-state index in [4.69, 9.17) is 0 Å². The Hall–Kier alpha value is -2.68. The van der Waals surface area contributed by atoms with Crippen molar-refractivity contribution in [2.75, 3.05) is 7.11 Å². The first-order chi connectivity index (χ1) is 11.7. The molecule has 3 rings (SSSR count). The Labute approximate surface area is 158 Å². The van der Waals surface area contributed by atoms with E-state index in [2.05, 4.69) is 4.74 Å². The standard InChI is InChI=1S/C14H12O.C7H8O2.Fe/c15-14(13-8-4-5-9-13)11-10-12-6-2-1-3-7-12;1-9-7(8)6-4-2-3-5-6;/h1-11,15H;2-5,8H,1H3;/q;;+2/p-2. The summed E-state index contributed by atoms with van der Waals surface area (Å²) in [7, 11) is 1.37. The summed E-state index contributed by atoms with van der Waals surface area (Å²) >= 11 is 0. The Morgan fingerprint density at radius 3 is 1.88 bits per heavy atom. The predicted octanol–water partition coefficient (Wildman–Crippen LogP) is 2.77. The number of hydrogen-bond donors (Lipinski definition) is 0. The normalized spacial score (nSPS) is 13.6. The monoisotopic (exact) mass is 374 g/mol. The van der Waals surface area contributed by atoms with E-state index in [1.54, 1.807) is 30.4 Å². The summed E-state index contributed by atoms with van der Waals surface area (Å²) in [4.78, 5) is 0. The molecule has 0 spiro atoms. The van der Waals surface area contributed by atoms with E-state index in [-0.39, 0.29) is 28.8 Å². The summed E-state index contributed by atoms with van der Waals surface area (Å²) in [5.41, 5.74) is 2.39. The van der Waals surface area contributed by atoms with Gasteiger partial charge in [-0.2, -0.15) is 0 Å². The van der Waals surface area contributed by atoms with Crippen LogP contribution in [0.15, 0.2) is 108 Å². The maximum atomic E-state index is 11.6. The molecule has 0 bridgehead atoms. The van der Waals surface area contributed by atoms with Gasteiger partial charge in [0.1, 0.15) is 0 Å². The van der Waals surface area contributed by atoms with Gasteiger partial charge in [-0.1, -0.05) is 91.1 Å². The van der Waals surface area contributed by atoms with Crippen molar-refractivity contribution in [3.05, 3.63) is 113 Å². The molecule has 1 aromatic rings.